The topological polar surface area (TPSA) is 87.5 Å². The first-order valence-corrected chi connectivity index (χ1v) is 11.0. The molecule has 2 aromatic rings. The number of alkyl halides is 3. The Morgan fingerprint density at radius 1 is 1.19 bits per heavy atom. The number of rotatable bonds is 5. The number of amides is 1. The molecule has 2 N–H and O–H groups in total. The van der Waals surface area contributed by atoms with E-state index >= 15 is 0 Å². The number of nitrogens with zero attached hydrogens (tertiary/aromatic N) is 3. The Morgan fingerprint density at radius 2 is 1.88 bits per heavy atom. The van der Waals surface area contributed by atoms with Gasteiger partial charge in [0.2, 0.25) is 5.92 Å². The largest absolute Gasteiger partial charge is 0.506 e. The van der Waals surface area contributed by atoms with Crippen molar-refractivity contribution in [3.05, 3.63) is 34.2 Å². The molecular formula is C22H27F3N4O3. The second-order valence-electron chi connectivity index (χ2n) is 8.67. The van der Waals surface area contributed by atoms with Gasteiger partial charge in [0.05, 0.1) is 5.39 Å². The van der Waals surface area contributed by atoms with Gasteiger partial charge < -0.3 is 15.3 Å². The molecule has 0 bridgehead atoms. The molecule has 2 fully saturated rings. The molecule has 174 valence electrons. The van der Waals surface area contributed by atoms with Gasteiger partial charge in [-0.05, 0) is 37.8 Å². The van der Waals surface area contributed by atoms with E-state index in [4.69, 9.17) is 0 Å². The highest BCUT2D eigenvalue weighted by molar-refractivity contribution is 6.01. The highest BCUT2D eigenvalue weighted by atomic mass is 19.3. The summed E-state index contributed by atoms with van der Waals surface area (Å²) >= 11 is 0. The van der Waals surface area contributed by atoms with Crippen LogP contribution >= 0.6 is 0 Å². The van der Waals surface area contributed by atoms with Crippen LogP contribution in [0.5, 0.6) is 5.75 Å². The fraction of sp³-hybridized carbons (Fsp3) is 0.591. The molecule has 1 saturated heterocycles. The average molecular weight is 452 g/mol. The molecule has 0 radical (unpaired) electrons. The smallest absolute Gasteiger partial charge is 0.268 e. The highest BCUT2D eigenvalue weighted by Gasteiger charge is 2.36. The van der Waals surface area contributed by atoms with Crippen molar-refractivity contribution in [2.45, 2.75) is 63.2 Å². The van der Waals surface area contributed by atoms with Crippen LogP contribution in [0.1, 0.15) is 48.9 Å². The summed E-state index contributed by atoms with van der Waals surface area (Å²) in [5.74, 6) is -3.98. The van der Waals surface area contributed by atoms with Crippen molar-refractivity contribution in [2.75, 3.05) is 19.6 Å². The monoisotopic (exact) mass is 452 g/mol. The third-order valence-electron chi connectivity index (χ3n) is 6.43. The number of nitrogens with one attached hydrogen (secondary N) is 1. The Kier molecular flexibility index (Phi) is 6.41. The van der Waals surface area contributed by atoms with Gasteiger partial charge >= 0.3 is 0 Å². The SMILES string of the molecule is O=C(NC1CCC(F)(F)CC1)c1c(O)c2cccnc2n(CCN2CCC(F)CC2)c1=O. The van der Waals surface area contributed by atoms with Crippen LogP contribution in [-0.4, -0.2) is 63.2 Å². The Labute approximate surface area is 183 Å². The van der Waals surface area contributed by atoms with Crippen LogP contribution in [0, 0.1) is 0 Å². The number of carbonyl (C=O) groups excluding carboxylic acids is 1. The minimum atomic E-state index is -2.73. The van der Waals surface area contributed by atoms with Crippen molar-refractivity contribution < 1.29 is 23.1 Å². The Balaban J connectivity index is 1.59. The van der Waals surface area contributed by atoms with Gasteiger partial charge in [0.1, 0.15) is 23.1 Å². The predicted octanol–water partition coefficient (Wildman–Crippen LogP) is 2.84. The van der Waals surface area contributed by atoms with Gasteiger partial charge in [-0.15, -0.1) is 0 Å². The quantitative estimate of drug-likeness (QED) is 0.729. The highest BCUT2D eigenvalue weighted by Crippen LogP contribution is 2.33. The zero-order chi connectivity index (χ0) is 22.9. The van der Waals surface area contributed by atoms with E-state index in [1.54, 1.807) is 12.1 Å². The number of fused-ring (bicyclic) bond motifs is 1. The van der Waals surface area contributed by atoms with Crippen molar-refractivity contribution in [3.8, 4) is 5.75 Å². The minimum Gasteiger partial charge on any atom is -0.506 e. The number of hydrogen-bond donors (Lipinski definition) is 2. The van der Waals surface area contributed by atoms with E-state index in [1.807, 2.05) is 4.90 Å². The summed E-state index contributed by atoms with van der Waals surface area (Å²) in [5.41, 5.74) is -0.845. The van der Waals surface area contributed by atoms with Crippen LogP contribution in [0.3, 0.4) is 0 Å². The van der Waals surface area contributed by atoms with Gasteiger partial charge in [-0.1, -0.05) is 0 Å². The lowest BCUT2D eigenvalue weighted by atomic mass is 9.92. The molecule has 0 aromatic carbocycles. The summed E-state index contributed by atoms with van der Waals surface area (Å²) in [6.07, 6.45) is 1.13. The maximum atomic E-state index is 13.4. The maximum absolute atomic E-state index is 13.4. The first kappa shape index (κ1) is 22.6. The van der Waals surface area contributed by atoms with E-state index in [0.29, 0.717) is 32.5 Å². The Bertz CT molecular complexity index is 1040. The lowest BCUT2D eigenvalue weighted by molar-refractivity contribution is -0.0399. The zero-order valence-electron chi connectivity index (χ0n) is 17.7. The molecule has 1 aliphatic heterocycles. The van der Waals surface area contributed by atoms with E-state index in [2.05, 4.69) is 10.3 Å². The molecule has 0 unspecified atom stereocenters. The van der Waals surface area contributed by atoms with Crippen molar-refractivity contribution in [2.24, 2.45) is 0 Å². The molecule has 0 atom stereocenters. The van der Waals surface area contributed by atoms with E-state index in [-0.39, 0.29) is 43.3 Å². The molecule has 0 spiro atoms. The van der Waals surface area contributed by atoms with E-state index in [9.17, 15) is 27.9 Å². The molecule has 4 rings (SSSR count). The summed E-state index contributed by atoms with van der Waals surface area (Å²) < 4.78 is 41.6. The standard InChI is InChI=1S/C22H27F3N4O3/c23-14-5-10-28(11-6-14)12-13-29-19-16(2-1-9-26-19)18(30)17(21(29)32)20(31)27-15-3-7-22(24,25)8-4-15/h1-2,9,14-15,30H,3-8,10-13H2,(H,27,31). The Hall–Kier alpha value is -2.62. The number of pyridine rings is 2. The van der Waals surface area contributed by atoms with E-state index < -0.39 is 40.9 Å². The van der Waals surface area contributed by atoms with Crippen molar-refractivity contribution in [1.82, 2.24) is 19.8 Å². The number of piperidine rings is 1. The number of aromatic hydroxyl groups is 1. The van der Waals surface area contributed by atoms with Crippen LogP contribution < -0.4 is 10.9 Å². The summed E-state index contributed by atoms with van der Waals surface area (Å²) in [4.78, 5) is 32.4. The number of likely N-dealkylation sites (tertiary alicyclic amines) is 1. The fourth-order valence-corrected chi connectivity index (χ4v) is 4.48. The molecule has 1 saturated carbocycles. The van der Waals surface area contributed by atoms with Crippen LogP contribution in [0.4, 0.5) is 13.2 Å². The zero-order valence-corrected chi connectivity index (χ0v) is 17.7. The molecule has 7 nitrogen and oxygen atoms in total. The van der Waals surface area contributed by atoms with E-state index in [0.717, 1.165) is 0 Å². The lowest BCUT2D eigenvalue weighted by Crippen LogP contribution is -2.43. The summed E-state index contributed by atoms with van der Waals surface area (Å²) in [6.45, 7) is 1.86. The van der Waals surface area contributed by atoms with Crippen LogP contribution in [0.2, 0.25) is 0 Å². The molecule has 3 heterocycles. The normalized spacial score (nSPS) is 20.5. The fourth-order valence-electron chi connectivity index (χ4n) is 4.48. The van der Waals surface area contributed by atoms with Crippen molar-refractivity contribution in [1.29, 1.82) is 0 Å². The summed E-state index contributed by atoms with van der Waals surface area (Å²) in [6, 6.07) is 2.68. The molecule has 32 heavy (non-hydrogen) atoms. The lowest BCUT2D eigenvalue weighted by Gasteiger charge is -2.29. The van der Waals surface area contributed by atoms with Gasteiger partial charge in [0.25, 0.3) is 11.5 Å². The number of halogens is 3. The van der Waals surface area contributed by atoms with Gasteiger partial charge in [-0.3, -0.25) is 14.2 Å². The first-order valence-electron chi connectivity index (χ1n) is 11.0. The summed E-state index contributed by atoms with van der Waals surface area (Å²) in [5, 5.41) is 13.6. The third-order valence-corrected chi connectivity index (χ3v) is 6.43. The van der Waals surface area contributed by atoms with Crippen molar-refractivity contribution in [3.63, 3.8) is 0 Å². The second kappa shape index (κ2) is 9.09. The number of aromatic nitrogens is 2. The molecule has 2 aliphatic rings. The predicted molar refractivity (Wildman–Crippen MR) is 113 cm³/mol. The van der Waals surface area contributed by atoms with E-state index in [1.165, 1.54) is 10.8 Å². The average Bonchev–Trinajstić information content (AvgIpc) is 2.76. The third kappa shape index (κ3) is 4.74. The molecule has 2 aromatic heterocycles. The van der Waals surface area contributed by atoms with Gasteiger partial charge in [-0.2, -0.15) is 0 Å². The van der Waals surface area contributed by atoms with Crippen LogP contribution in [0.15, 0.2) is 23.1 Å². The van der Waals surface area contributed by atoms with Gasteiger partial charge in [-0.25, -0.2) is 18.2 Å². The Morgan fingerprint density at radius 3 is 2.56 bits per heavy atom. The van der Waals surface area contributed by atoms with Gasteiger partial charge in [0, 0.05) is 51.3 Å². The first-order chi connectivity index (χ1) is 15.2. The summed E-state index contributed by atoms with van der Waals surface area (Å²) in [7, 11) is 0. The number of hydrogen-bond acceptors (Lipinski definition) is 5. The molecule has 1 aliphatic carbocycles. The van der Waals surface area contributed by atoms with Crippen LogP contribution in [-0.2, 0) is 6.54 Å². The molecular weight excluding hydrogens is 425 g/mol. The number of carbonyl (C=O) groups is 1. The molecule has 10 heteroatoms. The maximum Gasteiger partial charge on any atom is 0.268 e. The minimum absolute atomic E-state index is 0.105. The van der Waals surface area contributed by atoms with Crippen LogP contribution in [0.25, 0.3) is 11.0 Å². The molecule has 1 amide bonds. The van der Waals surface area contributed by atoms with Crippen molar-refractivity contribution >= 4 is 16.9 Å². The second-order valence-corrected chi connectivity index (χ2v) is 8.67. The van der Waals surface area contributed by atoms with Gasteiger partial charge in [0.15, 0.2) is 0 Å².